The Labute approximate surface area is 176 Å². The fraction of sp³-hybridized carbons (Fsp3) is 0.375. The topological polar surface area (TPSA) is 90.4 Å². The molecular weight excluding hydrogens is 376 g/mol. The molecule has 2 aliphatic rings. The van der Waals surface area contributed by atoms with Crippen LogP contribution in [0.3, 0.4) is 0 Å². The van der Waals surface area contributed by atoms with Crippen molar-refractivity contribution in [3.05, 3.63) is 70.8 Å². The van der Waals surface area contributed by atoms with E-state index in [-0.39, 0.29) is 11.8 Å². The van der Waals surface area contributed by atoms with Crippen LogP contribution in [-0.2, 0) is 6.42 Å². The van der Waals surface area contributed by atoms with Gasteiger partial charge in [0.25, 0.3) is 5.91 Å². The van der Waals surface area contributed by atoms with Crippen molar-refractivity contribution in [3.8, 4) is 6.07 Å². The fourth-order valence-electron chi connectivity index (χ4n) is 4.78. The third-order valence-corrected chi connectivity index (χ3v) is 6.31. The molecule has 2 heterocycles. The zero-order valence-corrected chi connectivity index (χ0v) is 17.0. The summed E-state index contributed by atoms with van der Waals surface area (Å²) in [6.07, 6.45) is 1.83. The van der Waals surface area contributed by atoms with E-state index in [0.717, 1.165) is 51.1 Å². The third kappa shape index (κ3) is 4.22. The Balaban J connectivity index is 1.26. The third-order valence-electron chi connectivity index (χ3n) is 6.31. The maximum absolute atomic E-state index is 12.8. The van der Waals surface area contributed by atoms with Gasteiger partial charge in [-0.05, 0) is 67.1 Å². The lowest BCUT2D eigenvalue weighted by molar-refractivity contribution is 0.0773. The summed E-state index contributed by atoms with van der Waals surface area (Å²) in [7, 11) is 0. The minimum Gasteiger partial charge on any atom is -0.366 e. The molecule has 0 radical (unpaired) electrons. The smallest absolute Gasteiger partial charge is 0.253 e. The molecule has 0 aliphatic carbocycles. The van der Waals surface area contributed by atoms with E-state index in [0.29, 0.717) is 28.5 Å². The van der Waals surface area contributed by atoms with Gasteiger partial charge in [0, 0.05) is 37.3 Å². The number of aryl methyl sites for hydroxylation is 1. The first-order valence-corrected chi connectivity index (χ1v) is 10.4. The Morgan fingerprint density at radius 2 is 1.67 bits per heavy atom. The van der Waals surface area contributed by atoms with Crippen LogP contribution in [0.5, 0.6) is 0 Å². The number of hydrogen-bond donors (Lipinski definition) is 1. The van der Waals surface area contributed by atoms with E-state index in [4.69, 9.17) is 11.0 Å². The van der Waals surface area contributed by atoms with Gasteiger partial charge in [0.1, 0.15) is 0 Å². The van der Waals surface area contributed by atoms with E-state index in [1.54, 1.807) is 30.3 Å². The summed E-state index contributed by atoms with van der Waals surface area (Å²) in [5.41, 5.74) is 8.32. The van der Waals surface area contributed by atoms with Gasteiger partial charge in [-0.15, -0.1) is 0 Å². The maximum Gasteiger partial charge on any atom is 0.253 e. The van der Waals surface area contributed by atoms with Crippen LogP contribution in [0.2, 0.25) is 0 Å². The highest BCUT2D eigenvalue weighted by Gasteiger charge is 2.41. The van der Waals surface area contributed by atoms with Crippen LogP contribution >= 0.6 is 0 Å². The van der Waals surface area contributed by atoms with E-state index < -0.39 is 0 Å². The first kappa shape index (κ1) is 20.1. The largest absolute Gasteiger partial charge is 0.366 e. The number of hydrogen-bond acceptors (Lipinski definition) is 4. The molecule has 2 atom stereocenters. The number of carbonyl (C=O) groups is 2. The molecule has 2 N–H and O–H groups in total. The van der Waals surface area contributed by atoms with Gasteiger partial charge in [0.05, 0.1) is 11.6 Å². The number of nitrogens with zero attached hydrogens (tertiary/aromatic N) is 3. The molecule has 2 aliphatic heterocycles. The summed E-state index contributed by atoms with van der Waals surface area (Å²) >= 11 is 0. The molecule has 0 bridgehead atoms. The lowest BCUT2D eigenvalue weighted by Crippen LogP contribution is -2.33. The number of primary amides is 1. The quantitative estimate of drug-likeness (QED) is 0.803. The van der Waals surface area contributed by atoms with E-state index in [9.17, 15) is 9.59 Å². The van der Waals surface area contributed by atoms with Gasteiger partial charge in [0.15, 0.2) is 0 Å². The van der Waals surface area contributed by atoms with E-state index in [2.05, 4.69) is 11.0 Å². The minimum atomic E-state index is -0.367. The summed E-state index contributed by atoms with van der Waals surface area (Å²) in [6, 6.07) is 16.5. The molecule has 2 amide bonds. The molecule has 2 aromatic rings. The molecule has 2 saturated heterocycles. The lowest BCUT2D eigenvalue weighted by atomic mass is 10.0. The Kier molecular flexibility index (Phi) is 5.82. The van der Waals surface area contributed by atoms with E-state index in [1.165, 1.54) is 0 Å². The van der Waals surface area contributed by atoms with Crippen LogP contribution in [0.25, 0.3) is 0 Å². The Morgan fingerprint density at radius 3 is 2.30 bits per heavy atom. The number of fused-ring (bicyclic) bond motifs is 1. The molecule has 2 aromatic carbocycles. The number of nitriles is 1. The molecule has 6 heteroatoms. The van der Waals surface area contributed by atoms with Gasteiger partial charge in [0.2, 0.25) is 5.91 Å². The second kappa shape index (κ2) is 8.68. The van der Waals surface area contributed by atoms with Gasteiger partial charge in [-0.1, -0.05) is 18.2 Å². The first-order valence-electron chi connectivity index (χ1n) is 10.4. The number of benzene rings is 2. The van der Waals surface area contributed by atoms with Crippen LogP contribution in [0.1, 0.15) is 38.3 Å². The van der Waals surface area contributed by atoms with Gasteiger partial charge < -0.3 is 15.5 Å². The SMILES string of the molecule is N#Cc1ccc(C(=O)N2CC3CN(CCCc4ccccc4C(N)=O)C[C@H]3C2)cc1. The van der Waals surface area contributed by atoms with Crippen molar-refractivity contribution in [2.45, 2.75) is 12.8 Å². The Hall–Kier alpha value is -3.17. The van der Waals surface area contributed by atoms with Gasteiger partial charge in [-0.25, -0.2) is 0 Å². The van der Waals surface area contributed by atoms with Crippen LogP contribution in [0.4, 0.5) is 0 Å². The van der Waals surface area contributed by atoms with Crippen LogP contribution in [-0.4, -0.2) is 54.3 Å². The molecule has 1 unspecified atom stereocenters. The van der Waals surface area contributed by atoms with E-state index in [1.807, 2.05) is 23.1 Å². The molecule has 2 fully saturated rings. The highest BCUT2D eigenvalue weighted by molar-refractivity contribution is 5.95. The number of rotatable bonds is 6. The maximum atomic E-state index is 12.8. The highest BCUT2D eigenvalue weighted by atomic mass is 16.2. The lowest BCUT2D eigenvalue weighted by Gasteiger charge is -2.22. The van der Waals surface area contributed by atoms with Gasteiger partial charge in [-0.2, -0.15) is 5.26 Å². The standard InChI is InChI=1S/C24H26N4O2/c25-12-17-7-9-19(10-8-17)24(30)28-15-20-13-27(14-21(20)16-28)11-3-5-18-4-1-2-6-22(18)23(26)29/h1-2,4,6-10,20-21H,3,5,11,13-16H2,(H2,26,29)/t20-,21?/m0/s1. The fourth-order valence-corrected chi connectivity index (χ4v) is 4.78. The average molecular weight is 402 g/mol. The number of amides is 2. The van der Waals surface area contributed by atoms with Crippen molar-refractivity contribution >= 4 is 11.8 Å². The Bertz CT molecular complexity index is 965. The zero-order chi connectivity index (χ0) is 21.1. The van der Waals surface area contributed by atoms with Crippen molar-refractivity contribution in [2.75, 3.05) is 32.7 Å². The predicted octanol–water partition coefficient (Wildman–Crippen LogP) is 2.29. The monoisotopic (exact) mass is 402 g/mol. The minimum absolute atomic E-state index is 0.0588. The first-order chi connectivity index (χ1) is 14.5. The van der Waals surface area contributed by atoms with Crippen LogP contribution in [0, 0.1) is 23.2 Å². The summed E-state index contributed by atoms with van der Waals surface area (Å²) in [5, 5.41) is 8.91. The van der Waals surface area contributed by atoms with Gasteiger partial charge in [-0.3, -0.25) is 9.59 Å². The van der Waals surface area contributed by atoms with Crippen molar-refractivity contribution in [1.29, 1.82) is 5.26 Å². The molecule has 0 saturated carbocycles. The van der Waals surface area contributed by atoms with Crippen molar-refractivity contribution in [3.63, 3.8) is 0 Å². The molecule has 30 heavy (non-hydrogen) atoms. The highest BCUT2D eigenvalue weighted by Crippen LogP contribution is 2.32. The molecular formula is C24H26N4O2. The number of nitrogens with two attached hydrogens (primary N) is 1. The summed E-state index contributed by atoms with van der Waals surface area (Å²) in [6.45, 7) is 4.61. The second-order valence-electron chi connectivity index (χ2n) is 8.30. The van der Waals surface area contributed by atoms with Gasteiger partial charge >= 0.3 is 0 Å². The van der Waals surface area contributed by atoms with Crippen molar-refractivity contribution in [2.24, 2.45) is 17.6 Å². The van der Waals surface area contributed by atoms with Crippen molar-refractivity contribution in [1.82, 2.24) is 9.80 Å². The number of likely N-dealkylation sites (tertiary alicyclic amines) is 2. The summed E-state index contributed by atoms with van der Waals surface area (Å²) < 4.78 is 0. The van der Waals surface area contributed by atoms with Crippen LogP contribution in [0.15, 0.2) is 48.5 Å². The molecule has 4 rings (SSSR count). The summed E-state index contributed by atoms with van der Waals surface area (Å²) in [4.78, 5) is 28.8. The molecule has 0 aromatic heterocycles. The Morgan fingerprint density at radius 1 is 1.00 bits per heavy atom. The second-order valence-corrected chi connectivity index (χ2v) is 8.30. The molecule has 154 valence electrons. The number of carbonyl (C=O) groups excluding carboxylic acids is 2. The van der Waals surface area contributed by atoms with Crippen molar-refractivity contribution < 1.29 is 9.59 Å². The summed E-state index contributed by atoms with van der Waals surface area (Å²) in [5.74, 6) is 0.729. The van der Waals surface area contributed by atoms with E-state index >= 15 is 0 Å². The zero-order valence-electron chi connectivity index (χ0n) is 17.0. The van der Waals surface area contributed by atoms with Crippen LogP contribution < -0.4 is 5.73 Å². The average Bonchev–Trinajstić information content (AvgIpc) is 3.32. The molecule has 0 spiro atoms. The normalized spacial score (nSPS) is 20.7. The predicted molar refractivity (Wildman–Crippen MR) is 114 cm³/mol. The molecule has 6 nitrogen and oxygen atoms in total.